The summed E-state index contributed by atoms with van der Waals surface area (Å²) >= 11 is 0. The third kappa shape index (κ3) is 5.73. The van der Waals surface area contributed by atoms with Crippen LogP contribution in [0.3, 0.4) is 0 Å². The summed E-state index contributed by atoms with van der Waals surface area (Å²) in [5, 5.41) is 0. The van der Waals surface area contributed by atoms with E-state index in [1.54, 1.807) is 7.11 Å². The van der Waals surface area contributed by atoms with Gasteiger partial charge in [-0.1, -0.05) is 45.6 Å². The maximum Gasteiger partial charge on any atom is 0.0637 e. The number of rotatable bonds is 6. The Bertz CT molecular complexity index is 307. The molecule has 0 bridgehead atoms. The quantitative estimate of drug-likeness (QED) is 0.654. The predicted octanol–water partition coefficient (Wildman–Crippen LogP) is 3.63. The van der Waals surface area contributed by atoms with Gasteiger partial charge in [-0.3, -0.25) is 0 Å². The highest BCUT2D eigenvalue weighted by atomic mass is 16.5. The van der Waals surface area contributed by atoms with Crippen molar-refractivity contribution in [3.63, 3.8) is 0 Å². The van der Waals surface area contributed by atoms with E-state index in [0.29, 0.717) is 6.61 Å². The van der Waals surface area contributed by atoms with Crippen LogP contribution in [0.5, 0.6) is 0 Å². The second kappa shape index (κ2) is 6.65. The second-order valence-corrected chi connectivity index (χ2v) is 5.52. The van der Waals surface area contributed by atoms with E-state index in [2.05, 4.69) is 44.9 Å². The molecule has 0 amide bonds. The van der Waals surface area contributed by atoms with Gasteiger partial charge in [0.25, 0.3) is 0 Å². The van der Waals surface area contributed by atoms with Gasteiger partial charge in [0, 0.05) is 26.4 Å². The van der Waals surface area contributed by atoms with E-state index in [1.807, 2.05) is 14.0 Å². The van der Waals surface area contributed by atoms with Crippen LogP contribution in [0.25, 0.3) is 0 Å². The van der Waals surface area contributed by atoms with E-state index in [-0.39, 0.29) is 5.41 Å². The first-order valence-corrected chi connectivity index (χ1v) is 5.97. The Kier molecular flexibility index (Phi) is 6.25. The summed E-state index contributed by atoms with van der Waals surface area (Å²) in [6, 6.07) is 0. The predicted molar refractivity (Wildman–Crippen MR) is 76.0 cm³/mol. The Morgan fingerprint density at radius 3 is 2.18 bits per heavy atom. The maximum absolute atomic E-state index is 5.09. The van der Waals surface area contributed by atoms with Crippen molar-refractivity contribution in [2.24, 2.45) is 5.41 Å². The molecule has 0 saturated carbocycles. The van der Waals surface area contributed by atoms with Crippen LogP contribution < -0.4 is 0 Å². The van der Waals surface area contributed by atoms with Crippen LogP contribution in [-0.4, -0.2) is 32.2 Å². The zero-order valence-corrected chi connectivity index (χ0v) is 12.3. The van der Waals surface area contributed by atoms with Crippen molar-refractivity contribution in [1.82, 2.24) is 4.90 Å². The minimum absolute atomic E-state index is 0.0668. The average Bonchev–Trinajstić information content (AvgIpc) is 2.19. The van der Waals surface area contributed by atoms with Gasteiger partial charge in [0.2, 0.25) is 0 Å². The van der Waals surface area contributed by atoms with Crippen molar-refractivity contribution in [3.8, 4) is 0 Å². The lowest BCUT2D eigenvalue weighted by molar-refractivity contribution is 0.173. The average molecular weight is 237 g/mol. The van der Waals surface area contributed by atoms with Gasteiger partial charge in [0.1, 0.15) is 0 Å². The SMILES string of the molecule is C=C(C)/C=C(\C(=C)N(C)CCOC)C(C)(C)C. The zero-order valence-electron chi connectivity index (χ0n) is 12.3. The molecule has 0 radical (unpaired) electrons. The van der Waals surface area contributed by atoms with Gasteiger partial charge in [0.15, 0.2) is 0 Å². The van der Waals surface area contributed by atoms with Gasteiger partial charge in [-0.2, -0.15) is 0 Å². The Labute approximate surface area is 107 Å². The van der Waals surface area contributed by atoms with Crippen molar-refractivity contribution in [3.05, 3.63) is 36.1 Å². The number of ether oxygens (including phenoxy) is 1. The molecular weight excluding hydrogens is 210 g/mol. The van der Waals surface area contributed by atoms with Crippen LogP contribution in [-0.2, 0) is 4.74 Å². The summed E-state index contributed by atoms with van der Waals surface area (Å²) in [7, 11) is 3.75. The molecule has 0 spiro atoms. The number of methoxy groups -OCH3 is 1. The third-order valence-electron chi connectivity index (χ3n) is 2.60. The van der Waals surface area contributed by atoms with Gasteiger partial charge in [-0.15, -0.1) is 0 Å². The van der Waals surface area contributed by atoms with Crippen LogP contribution in [0.4, 0.5) is 0 Å². The molecule has 0 saturated heterocycles. The molecule has 0 rings (SSSR count). The highest BCUT2D eigenvalue weighted by molar-refractivity contribution is 5.37. The van der Waals surface area contributed by atoms with E-state index in [9.17, 15) is 0 Å². The highest BCUT2D eigenvalue weighted by Gasteiger charge is 2.21. The number of nitrogens with zero attached hydrogens (tertiary/aromatic N) is 1. The monoisotopic (exact) mass is 237 g/mol. The first-order valence-electron chi connectivity index (χ1n) is 5.97. The van der Waals surface area contributed by atoms with Gasteiger partial charge >= 0.3 is 0 Å². The topological polar surface area (TPSA) is 12.5 Å². The fraction of sp³-hybridized carbons (Fsp3) is 0.600. The van der Waals surface area contributed by atoms with E-state index in [0.717, 1.165) is 17.8 Å². The number of hydrogen-bond donors (Lipinski definition) is 0. The first kappa shape index (κ1) is 16.0. The Balaban J connectivity index is 4.96. The lowest BCUT2D eigenvalue weighted by atomic mass is 9.83. The van der Waals surface area contributed by atoms with Crippen LogP contribution in [0.15, 0.2) is 36.1 Å². The number of likely N-dealkylation sites (N-methyl/N-ethyl adjacent to an activating group) is 1. The standard InChI is InChI=1S/C15H27NO/c1-12(2)11-14(15(4,5)6)13(3)16(7)9-10-17-8/h11H,1,3,9-10H2,2,4-8H3/b14-11+. The molecule has 0 aromatic rings. The fourth-order valence-corrected chi connectivity index (χ4v) is 1.55. The minimum Gasteiger partial charge on any atom is -0.383 e. The molecule has 17 heavy (non-hydrogen) atoms. The van der Waals surface area contributed by atoms with Crippen molar-refractivity contribution < 1.29 is 4.74 Å². The molecule has 0 heterocycles. The first-order chi connectivity index (χ1) is 7.70. The van der Waals surface area contributed by atoms with Crippen LogP contribution >= 0.6 is 0 Å². The van der Waals surface area contributed by atoms with Crippen molar-refractivity contribution in [2.75, 3.05) is 27.3 Å². The summed E-state index contributed by atoms with van der Waals surface area (Å²) in [5.74, 6) is 0. The molecular formula is C15H27NO. The molecule has 0 aliphatic heterocycles. The Morgan fingerprint density at radius 2 is 1.82 bits per heavy atom. The van der Waals surface area contributed by atoms with Crippen LogP contribution in [0.1, 0.15) is 27.7 Å². The summed E-state index contributed by atoms with van der Waals surface area (Å²) in [4.78, 5) is 2.13. The lowest BCUT2D eigenvalue weighted by Gasteiger charge is -2.31. The summed E-state index contributed by atoms with van der Waals surface area (Å²) in [6.07, 6.45) is 2.12. The van der Waals surface area contributed by atoms with E-state index in [4.69, 9.17) is 4.74 Å². The van der Waals surface area contributed by atoms with Gasteiger partial charge in [0.05, 0.1) is 6.61 Å². The molecule has 0 aromatic carbocycles. The number of allylic oxidation sites excluding steroid dienone is 3. The van der Waals surface area contributed by atoms with Gasteiger partial charge in [-0.05, 0) is 17.9 Å². The molecule has 0 aliphatic rings. The molecule has 0 unspecified atom stereocenters. The molecule has 2 nitrogen and oxygen atoms in total. The molecule has 0 fully saturated rings. The van der Waals surface area contributed by atoms with E-state index in [1.165, 1.54) is 5.57 Å². The van der Waals surface area contributed by atoms with E-state index < -0.39 is 0 Å². The lowest BCUT2D eigenvalue weighted by Crippen LogP contribution is -2.26. The second-order valence-electron chi connectivity index (χ2n) is 5.52. The van der Waals surface area contributed by atoms with Crippen molar-refractivity contribution >= 4 is 0 Å². The fourth-order valence-electron chi connectivity index (χ4n) is 1.55. The minimum atomic E-state index is 0.0668. The molecule has 0 atom stereocenters. The zero-order chi connectivity index (χ0) is 13.6. The van der Waals surface area contributed by atoms with Crippen molar-refractivity contribution in [2.45, 2.75) is 27.7 Å². The van der Waals surface area contributed by atoms with Gasteiger partial charge < -0.3 is 9.64 Å². The smallest absolute Gasteiger partial charge is 0.0637 e. The molecule has 0 aliphatic carbocycles. The summed E-state index contributed by atoms with van der Waals surface area (Å²) in [5.41, 5.74) is 3.38. The van der Waals surface area contributed by atoms with Gasteiger partial charge in [-0.25, -0.2) is 0 Å². The highest BCUT2D eigenvalue weighted by Crippen LogP contribution is 2.32. The third-order valence-corrected chi connectivity index (χ3v) is 2.60. The Hall–Kier alpha value is -1.02. The summed E-state index contributed by atoms with van der Waals surface area (Å²) < 4.78 is 5.09. The largest absolute Gasteiger partial charge is 0.383 e. The normalized spacial score (nSPS) is 12.5. The van der Waals surface area contributed by atoms with Crippen LogP contribution in [0.2, 0.25) is 0 Å². The number of hydrogen-bond acceptors (Lipinski definition) is 2. The molecule has 0 aromatic heterocycles. The molecule has 0 N–H and O–H groups in total. The van der Waals surface area contributed by atoms with E-state index >= 15 is 0 Å². The van der Waals surface area contributed by atoms with Crippen molar-refractivity contribution in [1.29, 1.82) is 0 Å². The molecule has 98 valence electrons. The molecule has 2 heteroatoms. The summed E-state index contributed by atoms with van der Waals surface area (Å²) in [6.45, 7) is 18.3. The van der Waals surface area contributed by atoms with Crippen LogP contribution in [0, 0.1) is 5.41 Å². The maximum atomic E-state index is 5.09. The Morgan fingerprint density at radius 1 is 1.29 bits per heavy atom.